The van der Waals surface area contributed by atoms with E-state index in [-0.39, 0.29) is 6.04 Å². The first kappa shape index (κ1) is 15.9. The van der Waals surface area contributed by atoms with Gasteiger partial charge in [0.05, 0.1) is 11.6 Å². The van der Waals surface area contributed by atoms with Crippen molar-refractivity contribution in [1.82, 2.24) is 24.5 Å². The van der Waals surface area contributed by atoms with Crippen LogP contribution in [0.3, 0.4) is 0 Å². The minimum Gasteiger partial charge on any atom is -0.321 e. The standard InChI is InChI=1S/C18H14ClN5S/c1-12(18-21-7-9-25-18)24-8-6-20-17(24)14-10-22-16(23-11-14)13-2-4-15(19)5-3-13/h2-12H,1H3/t12-/m1/s1. The Labute approximate surface area is 154 Å². The van der Waals surface area contributed by atoms with Gasteiger partial charge in [-0.3, -0.25) is 0 Å². The third-order valence-electron chi connectivity index (χ3n) is 3.91. The van der Waals surface area contributed by atoms with E-state index in [1.54, 1.807) is 29.9 Å². The van der Waals surface area contributed by atoms with Crippen LogP contribution in [0.4, 0.5) is 0 Å². The van der Waals surface area contributed by atoms with Crippen molar-refractivity contribution in [2.75, 3.05) is 0 Å². The fourth-order valence-corrected chi connectivity index (χ4v) is 3.42. The van der Waals surface area contributed by atoms with Crippen molar-refractivity contribution in [2.24, 2.45) is 0 Å². The molecule has 0 aliphatic rings. The Morgan fingerprint density at radius 1 is 0.960 bits per heavy atom. The van der Waals surface area contributed by atoms with Gasteiger partial charge in [0, 0.05) is 47.0 Å². The van der Waals surface area contributed by atoms with Crippen LogP contribution in [0.15, 0.2) is 60.6 Å². The van der Waals surface area contributed by atoms with Gasteiger partial charge in [0.1, 0.15) is 10.8 Å². The minimum atomic E-state index is 0.105. The molecule has 4 rings (SSSR count). The summed E-state index contributed by atoms with van der Waals surface area (Å²) in [6.07, 6.45) is 9.15. The molecule has 7 heteroatoms. The monoisotopic (exact) mass is 367 g/mol. The maximum atomic E-state index is 5.93. The van der Waals surface area contributed by atoms with Crippen molar-refractivity contribution in [2.45, 2.75) is 13.0 Å². The van der Waals surface area contributed by atoms with E-state index in [0.717, 1.165) is 22.0 Å². The first-order valence-corrected chi connectivity index (χ1v) is 8.99. The molecule has 0 saturated carbocycles. The van der Waals surface area contributed by atoms with Gasteiger partial charge >= 0.3 is 0 Å². The first-order chi connectivity index (χ1) is 12.2. The van der Waals surface area contributed by atoms with E-state index in [9.17, 15) is 0 Å². The van der Waals surface area contributed by atoms with Crippen molar-refractivity contribution in [3.05, 3.63) is 70.7 Å². The van der Waals surface area contributed by atoms with E-state index in [1.807, 2.05) is 42.0 Å². The van der Waals surface area contributed by atoms with Gasteiger partial charge in [-0.25, -0.2) is 19.9 Å². The second-order valence-electron chi connectivity index (χ2n) is 5.51. The fraction of sp³-hybridized carbons (Fsp3) is 0.111. The Balaban J connectivity index is 1.65. The van der Waals surface area contributed by atoms with Crippen LogP contribution >= 0.6 is 22.9 Å². The first-order valence-electron chi connectivity index (χ1n) is 7.73. The highest BCUT2D eigenvalue weighted by atomic mass is 35.5. The minimum absolute atomic E-state index is 0.105. The molecule has 0 N–H and O–H groups in total. The lowest BCUT2D eigenvalue weighted by atomic mass is 10.2. The van der Waals surface area contributed by atoms with Crippen molar-refractivity contribution in [1.29, 1.82) is 0 Å². The molecule has 1 atom stereocenters. The lowest BCUT2D eigenvalue weighted by Gasteiger charge is -2.14. The molecule has 0 unspecified atom stereocenters. The molecule has 3 heterocycles. The fourth-order valence-electron chi connectivity index (χ4n) is 2.60. The van der Waals surface area contributed by atoms with Gasteiger partial charge in [-0.2, -0.15) is 0 Å². The average molecular weight is 368 g/mol. The molecule has 0 fully saturated rings. The Kier molecular flexibility index (Phi) is 4.29. The Hall–Kier alpha value is -2.57. The van der Waals surface area contributed by atoms with Crippen LogP contribution in [0.1, 0.15) is 18.0 Å². The van der Waals surface area contributed by atoms with E-state index >= 15 is 0 Å². The summed E-state index contributed by atoms with van der Waals surface area (Å²) in [6.45, 7) is 2.10. The molecular formula is C18H14ClN5S. The van der Waals surface area contributed by atoms with Crippen LogP contribution < -0.4 is 0 Å². The van der Waals surface area contributed by atoms with E-state index in [2.05, 4.69) is 31.4 Å². The highest BCUT2D eigenvalue weighted by Gasteiger charge is 2.16. The third-order valence-corrected chi connectivity index (χ3v) is 5.10. The molecule has 5 nitrogen and oxygen atoms in total. The highest BCUT2D eigenvalue weighted by molar-refractivity contribution is 7.09. The molecular weight excluding hydrogens is 354 g/mol. The molecule has 1 aromatic carbocycles. The second-order valence-corrected chi connectivity index (χ2v) is 6.87. The highest BCUT2D eigenvalue weighted by Crippen LogP contribution is 2.26. The summed E-state index contributed by atoms with van der Waals surface area (Å²) in [4.78, 5) is 17.8. The zero-order valence-corrected chi connectivity index (χ0v) is 14.9. The zero-order valence-electron chi connectivity index (χ0n) is 13.4. The van der Waals surface area contributed by atoms with Gasteiger partial charge < -0.3 is 4.57 Å². The number of aromatic nitrogens is 5. The summed E-state index contributed by atoms with van der Waals surface area (Å²) < 4.78 is 2.08. The van der Waals surface area contributed by atoms with Crippen molar-refractivity contribution in [3.63, 3.8) is 0 Å². The maximum absolute atomic E-state index is 5.93. The average Bonchev–Trinajstić information content (AvgIpc) is 3.34. The number of benzene rings is 1. The number of hydrogen-bond acceptors (Lipinski definition) is 5. The van der Waals surface area contributed by atoms with Crippen LogP contribution in [0.5, 0.6) is 0 Å². The van der Waals surface area contributed by atoms with Gasteiger partial charge in [0.25, 0.3) is 0 Å². The normalized spacial score (nSPS) is 12.2. The largest absolute Gasteiger partial charge is 0.321 e. The maximum Gasteiger partial charge on any atom is 0.159 e. The molecule has 0 bridgehead atoms. The number of thiazole rings is 1. The molecule has 0 saturated heterocycles. The van der Waals surface area contributed by atoms with Gasteiger partial charge in [-0.15, -0.1) is 11.3 Å². The van der Waals surface area contributed by atoms with Crippen LogP contribution in [-0.2, 0) is 0 Å². The molecule has 0 radical (unpaired) electrons. The molecule has 0 amide bonds. The molecule has 4 aromatic rings. The number of imidazole rings is 1. The Morgan fingerprint density at radius 2 is 1.72 bits per heavy atom. The lowest BCUT2D eigenvalue weighted by Crippen LogP contribution is -2.07. The summed E-state index contributed by atoms with van der Waals surface area (Å²) in [5.74, 6) is 1.48. The van der Waals surface area contributed by atoms with Crippen molar-refractivity contribution in [3.8, 4) is 22.8 Å². The summed E-state index contributed by atoms with van der Waals surface area (Å²) in [7, 11) is 0. The van der Waals surface area contributed by atoms with Crippen LogP contribution in [0, 0.1) is 0 Å². The topological polar surface area (TPSA) is 56.5 Å². The van der Waals surface area contributed by atoms with Crippen LogP contribution in [0.25, 0.3) is 22.8 Å². The molecule has 25 heavy (non-hydrogen) atoms. The molecule has 0 aliphatic carbocycles. The van der Waals surface area contributed by atoms with Crippen molar-refractivity contribution >= 4 is 22.9 Å². The zero-order chi connectivity index (χ0) is 17.2. The SMILES string of the molecule is C[C@H](c1nccs1)n1ccnc1-c1cnc(-c2ccc(Cl)cc2)nc1. The van der Waals surface area contributed by atoms with E-state index in [1.165, 1.54) is 0 Å². The second kappa shape index (κ2) is 6.74. The third kappa shape index (κ3) is 3.18. The molecule has 0 aliphatic heterocycles. The summed E-state index contributed by atoms with van der Waals surface area (Å²) in [6, 6.07) is 7.58. The predicted molar refractivity (Wildman–Crippen MR) is 99.6 cm³/mol. The van der Waals surface area contributed by atoms with Crippen LogP contribution in [0.2, 0.25) is 5.02 Å². The Morgan fingerprint density at radius 3 is 2.40 bits per heavy atom. The number of halogens is 1. The summed E-state index contributed by atoms with van der Waals surface area (Å²) in [5, 5.41) is 3.71. The van der Waals surface area contributed by atoms with Gasteiger partial charge in [-0.05, 0) is 31.2 Å². The van der Waals surface area contributed by atoms with Gasteiger partial charge in [0.15, 0.2) is 5.82 Å². The van der Waals surface area contributed by atoms with Crippen LogP contribution in [-0.4, -0.2) is 24.5 Å². The smallest absolute Gasteiger partial charge is 0.159 e. The van der Waals surface area contributed by atoms with E-state index < -0.39 is 0 Å². The molecule has 3 aromatic heterocycles. The van der Waals surface area contributed by atoms with E-state index in [4.69, 9.17) is 11.6 Å². The summed E-state index contributed by atoms with van der Waals surface area (Å²) >= 11 is 7.56. The van der Waals surface area contributed by atoms with Gasteiger partial charge in [0.2, 0.25) is 0 Å². The quantitative estimate of drug-likeness (QED) is 0.523. The number of rotatable bonds is 4. The number of nitrogens with zero attached hydrogens (tertiary/aromatic N) is 5. The number of hydrogen-bond donors (Lipinski definition) is 0. The van der Waals surface area contributed by atoms with E-state index in [0.29, 0.717) is 10.8 Å². The molecule has 0 spiro atoms. The Bertz CT molecular complexity index is 962. The van der Waals surface area contributed by atoms with Gasteiger partial charge in [-0.1, -0.05) is 11.6 Å². The predicted octanol–water partition coefficient (Wildman–Crippen LogP) is 4.73. The summed E-state index contributed by atoms with van der Waals surface area (Å²) in [5.41, 5.74) is 1.79. The molecule has 124 valence electrons. The van der Waals surface area contributed by atoms with Crippen molar-refractivity contribution < 1.29 is 0 Å². The lowest BCUT2D eigenvalue weighted by molar-refractivity contribution is 0.641.